The van der Waals surface area contributed by atoms with E-state index in [0.29, 0.717) is 54.7 Å². The van der Waals surface area contributed by atoms with Crippen LogP contribution in [-0.2, 0) is 14.3 Å². The van der Waals surface area contributed by atoms with Gasteiger partial charge in [0.15, 0.2) is 4.80 Å². The highest BCUT2D eigenvalue weighted by Crippen LogP contribution is 2.37. The fourth-order valence-corrected chi connectivity index (χ4v) is 5.79. The molecule has 2 aromatic carbocycles. The van der Waals surface area contributed by atoms with Gasteiger partial charge in [-0.25, -0.2) is 14.6 Å². The number of furan rings is 1. The van der Waals surface area contributed by atoms with E-state index >= 15 is 0 Å². The van der Waals surface area contributed by atoms with Crippen molar-refractivity contribution in [2.45, 2.75) is 19.9 Å². The van der Waals surface area contributed by atoms with Gasteiger partial charge < -0.3 is 23.4 Å². The lowest BCUT2D eigenvalue weighted by Gasteiger charge is -2.26. The third-order valence-electron chi connectivity index (χ3n) is 6.72. The largest absolute Gasteiger partial charge is 0.497 e. The van der Waals surface area contributed by atoms with Crippen LogP contribution in [0.25, 0.3) is 17.4 Å². The summed E-state index contributed by atoms with van der Waals surface area (Å²) in [5, 5.41) is 0. The molecule has 0 radical (unpaired) electrons. The van der Waals surface area contributed by atoms with E-state index in [1.54, 1.807) is 75.6 Å². The van der Waals surface area contributed by atoms with Crippen molar-refractivity contribution >= 4 is 29.4 Å². The summed E-state index contributed by atoms with van der Waals surface area (Å²) < 4.78 is 29.0. The highest BCUT2D eigenvalue weighted by Gasteiger charge is 2.35. The van der Waals surface area contributed by atoms with Gasteiger partial charge in [0, 0.05) is 23.3 Å². The Morgan fingerprint density at radius 1 is 1.05 bits per heavy atom. The van der Waals surface area contributed by atoms with Crippen molar-refractivity contribution in [3.63, 3.8) is 0 Å². The Hall–Kier alpha value is -4.90. The lowest BCUT2D eigenvalue weighted by Crippen LogP contribution is -2.40. The second kappa shape index (κ2) is 11.9. The molecule has 0 saturated heterocycles. The molecule has 1 atom stereocenters. The minimum absolute atomic E-state index is 0.163. The highest BCUT2D eigenvalue weighted by atomic mass is 32.1. The van der Waals surface area contributed by atoms with Crippen molar-refractivity contribution < 1.29 is 33.0 Å². The number of carbonyl (C=O) groups excluding carboxylic acids is 2. The van der Waals surface area contributed by atoms with E-state index in [-0.39, 0.29) is 17.7 Å². The maximum atomic E-state index is 13.9. The molecule has 0 N–H and O–H groups in total. The Bertz CT molecular complexity index is 1900. The van der Waals surface area contributed by atoms with Gasteiger partial charge in [-0.3, -0.25) is 9.36 Å². The summed E-state index contributed by atoms with van der Waals surface area (Å²) in [6.07, 6.45) is 1.63. The lowest BCUT2D eigenvalue weighted by atomic mass is 9.95. The van der Waals surface area contributed by atoms with E-state index in [9.17, 15) is 14.4 Å². The standard InChI is InChI=1S/C31H28N2O8S/c1-6-40-30(36)26-17(2)32-31-33(27(26)22-12-10-20(37-3)15-24(22)38-4)28(34)25(42-31)16-21-11-13-23(41-21)18-8-7-9-19(14-18)29(35)39-5/h7-16,27H,6H2,1-5H3/b25-16-/t27-/m1/s1. The quantitative estimate of drug-likeness (QED) is 0.285. The molecule has 216 valence electrons. The van der Waals surface area contributed by atoms with E-state index in [0.717, 1.165) is 0 Å². The predicted octanol–water partition coefficient (Wildman–Crippen LogP) is 3.86. The molecule has 0 saturated carbocycles. The van der Waals surface area contributed by atoms with Gasteiger partial charge in [0.2, 0.25) is 0 Å². The van der Waals surface area contributed by atoms with Crippen LogP contribution in [0.4, 0.5) is 0 Å². The van der Waals surface area contributed by atoms with Crippen LogP contribution in [0.1, 0.15) is 41.6 Å². The SMILES string of the molecule is CCOC(=O)C1=C(C)N=c2s/c(=C\c3ccc(-c4cccc(C(=O)OC)c4)o3)c(=O)n2[C@@H]1c1ccc(OC)cc1OC. The summed E-state index contributed by atoms with van der Waals surface area (Å²) in [6, 6.07) is 14.7. The first-order valence-corrected chi connectivity index (χ1v) is 13.8. The summed E-state index contributed by atoms with van der Waals surface area (Å²) in [5.41, 5.74) is 1.97. The van der Waals surface area contributed by atoms with Gasteiger partial charge >= 0.3 is 11.9 Å². The fourth-order valence-electron chi connectivity index (χ4n) is 4.76. The van der Waals surface area contributed by atoms with Crippen molar-refractivity contribution in [1.29, 1.82) is 0 Å². The fraction of sp³-hybridized carbons (Fsp3) is 0.226. The minimum Gasteiger partial charge on any atom is -0.497 e. The first-order valence-electron chi connectivity index (χ1n) is 13.0. The predicted molar refractivity (Wildman–Crippen MR) is 155 cm³/mol. The molecule has 0 aliphatic carbocycles. The van der Waals surface area contributed by atoms with Crippen LogP contribution >= 0.6 is 11.3 Å². The van der Waals surface area contributed by atoms with Crippen LogP contribution in [-0.4, -0.2) is 44.4 Å². The molecule has 0 amide bonds. The zero-order chi connectivity index (χ0) is 30.0. The molecule has 10 nitrogen and oxygen atoms in total. The van der Waals surface area contributed by atoms with E-state index in [4.69, 9.17) is 23.4 Å². The van der Waals surface area contributed by atoms with Crippen LogP contribution in [0, 0.1) is 0 Å². The summed E-state index contributed by atoms with van der Waals surface area (Å²) in [5.74, 6) is 0.924. The third kappa shape index (κ3) is 5.26. The number of ether oxygens (including phenoxy) is 4. The topological polar surface area (TPSA) is 119 Å². The van der Waals surface area contributed by atoms with Gasteiger partial charge in [0.05, 0.1) is 49.3 Å². The molecule has 2 aromatic heterocycles. The number of fused-ring (bicyclic) bond motifs is 1. The first-order chi connectivity index (χ1) is 20.3. The number of rotatable bonds is 8. The van der Waals surface area contributed by atoms with E-state index in [2.05, 4.69) is 4.99 Å². The van der Waals surface area contributed by atoms with Gasteiger partial charge in [-0.1, -0.05) is 23.5 Å². The molecule has 11 heteroatoms. The van der Waals surface area contributed by atoms with Crippen molar-refractivity contribution in [2.24, 2.45) is 4.99 Å². The number of aromatic nitrogens is 1. The van der Waals surface area contributed by atoms with Crippen LogP contribution < -0.4 is 24.4 Å². The molecule has 3 heterocycles. The van der Waals surface area contributed by atoms with Crippen LogP contribution in [0.3, 0.4) is 0 Å². The molecule has 0 bridgehead atoms. The molecule has 1 aliphatic rings. The maximum Gasteiger partial charge on any atom is 0.338 e. The molecular weight excluding hydrogens is 560 g/mol. The van der Waals surface area contributed by atoms with E-state index in [1.807, 2.05) is 6.07 Å². The molecule has 0 fully saturated rings. The summed E-state index contributed by atoms with van der Waals surface area (Å²) >= 11 is 1.18. The number of hydrogen-bond acceptors (Lipinski definition) is 10. The number of allylic oxidation sites excluding steroid dienone is 1. The number of benzene rings is 2. The molecule has 0 unspecified atom stereocenters. The summed E-state index contributed by atoms with van der Waals surface area (Å²) in [6.45, 7) is 3.60. The van der Waals surface area contributed by atoms with Crippen LogP contribution in [0.15, 0.2) is 80.1 Å². The number of esters is 2. The Morgan fingerprint density at radius 2 is 1.86 bits per heavy atom. The second-order valence-electron chi connectivity index (χ2n) is 9.18. The second-order valence-corrected chi connectivity index (χ2v) is 10.2. The zero-order valence-electron chi connectivity index (χ0n) is 23.6. The zero-order valence-corrected chi connectivity index (χ0v) is 24.4. The van der Waals surface area contributed by atoms with Crippen LogP contribution in [0.5, 0.6) is 11.5 Å². The molecule has 0 spiro atoms. The van der Waals surface area contributed by atoms with Crippen LogP contribution in [0.2, 0.25) is 0 Å². The Kier molecular flexibility index (Phi) is 8.12. The molecule has 1 aliphatic heterocycles. The average molecular weight is 589 g/mol. The highest BCUT2D eigenvalue weighted by molar-refractivity contribution is 7.07. The number of thiazole rings is 1. The van der Waals surface area contributed by atoms with Crippen molar-refractivity contribution in [3.05, 3.63) is 102 Å². The normalized spacial score (nSPS) is 14.7. The third-order valence-corrected chi connectivity index (χ3v) is 7.70. The first kappa shape index (κ1) is 28.6. The van der Waals surface area contributed by atoms with Gasteiger partial charge in [-0.05, 0) is 50.2 Å². The van der Waals surface area contributed by atoms with Crippen molar-refractivity contribution in [2.75, 3.05) is 27.9 Å². The monoisotopic (exact) mass is 588 g/mol. The molecule has 5 rings (SSSR count). The number of nitrogens with zero attached hydrogens (tertiary/aromatic N) is 2. The summed E-state index contributed by atoms with van der Waals surface area (Å²) in [7, 11) is 4.38. The Labute approximate surface area is 244 Å². The van der Waals surface area contributed by atoms with E-state index in [1.165, 1.54) is 30.1 Å². The maximum absolute atomic E-state index is 13.9. The molecule has 42 heavy (non-hydrogen) atoms. The average Bonchev–Trinajstić information content (AvgIpc) is 3.59. The molecular formula is C31H28N2O8S. The Morgan fingerprint density at radius 3 is 2.57 bits per heavy atom. The van der Waals surface area contributed by atoms with Gasteiger partial charge in [-0.15, -0.1) is 0 Å². The Balaban J connectivity index is 1.63. The van der Waals surface area contributed by atoms with Gasteiger partial charge in [0.1, 0.15) is 29.1 Å². The number of carbonyl (C=O) groups is 2. The smallest absolute Gasteiger partial charge is 0.338 e. The number of hydrogen-bond donors (Lipinski definition) is 0. The van der Waals surface area contributed by atoms with Gasteiger partial charge in [0.25, 0.3) is 5.56 Å². The molecule has 4 aromatic rings. The van der Waals surface area contributed by atoms with Crippen molar-refractivity contribution in [1.82, 2.24) is 4.57 Å². The van der Waals surface area contributed by atoms with E-state index < -0.39 is 18.0 Å². The summed E-state index contributed by atoms with van der Waals surface area (Å²) in [4.78, 5) is 44.1. The number of methoxy groups -OCH3 is 3. The van der Waals surface area contributed by atoms with Gasteiger partial charge in [-0.2, -0.15) is 0 Å². The lowest BCUT2D eigenvalue weighted by molar-refractivity contribution is -0.139. The van der Waals surface area contributed by atoms with Crippen molar-refractivity contribution in [3.8, 4) is 22.8 Å². The minimum atomic E-state index is -0.850.